The Balaban J connectivity index is 1.43. The number of ether oxygens (including phenoxy) is 2. The minimum absolute atomic E-state index is 0.0872. The molecule has 162 valence electrons. The van der Waals surface area contributed by atoms with Crippen molar-refractivity contribution < 1.29 is 18.8 Å². The lowest BCUT2D eigenvalue weighted by molar-refractivity contribution is -0.127. The summed E-state index contributed by atoms with van der Waals surface area (Å²) in [6.45, 7) is 5.84. The van der Waals surface area contributed by atoms with E-state index in [4.69, 9.17) is 14.0 Å². The predicted octanol–water partition coefficient (Wildman–Crippen LogP) is 4.01. The molecule has 2 heterocycles. The highest BCUT2D eigenvalue weighted by atomic mass is 16.5. The van der Waals surface area contributed by atoms with Crippen molar-refractivity contribution in [3.8, 4) is 22.9 Å². The van der Waals surface area contributed by atoms with Crippen molar-refractivity contribution in [2.75, 3.05) is 26.8 Å². The molecule has 0 N–H and O–H groups in total. The van der Waals surface area contributed by atoms with Gasteiger partial charge in [0.25, 0.3) is 0 Å². The van der Waals surface area contributed by atoms with Crippen molar-refractivity contribution in [1.29, 1.82) is 0 Å². The zero-order chi connectivity index (χ0) is 21.8. The van der Waals surface area contributed by atoms with Crippen molar-refractivity contribution in [2.24, 2.45) is 0 Å². The predicted molar refractivity (Wildman–Crippen MR) is 116 cm³/mol. The second-order valence-electron chi connectivity index (χ2n) is 7.73. The summed E-state index contributed by atoms with van der Waals surface area (Å²) < 4.78 is 16.5. The lowest BCUT2D eigenvalue weighted by atomic mass is 10.1. The standard InChI is InChI=1S/C24H27N3O4/c1-4-30-20-9-8-18(13-21(20)29-3)23-25-24(31-26-23)19-14-22(28)27(15-19)11-10-17-7-5-6-16(2)12-17/h5-9,12-13,19H,4,10-11,14-15H2,1-3H3. The van der Waals surface area contributed by atoms with E-state index in [-0.39, 0.29) is 11.8 Å². The van der Waals surface area contributed by atoms with Crippen LogP contribution in [0.4, 0.5) is 0 Å². The van der Waals surface area contributed by atoms with Crippen LogP contribution in [0.2, 0.25) is 0 Å². The molecule has 3 aromatic rings. The molecule has 0 spiro atoms. The van der Waals surface area contributed by atoms with Crippen molar-refractivity contribution in [1.82, 2.24) is 15.0 Å². The zero-order valence-electron chi connectivity index (χ0n) is 18.1. The van der Waals surface area contributed by atoms with Gasteiger partial charge in [-0.2, -0.15) is 4.98 Å². The monoisotopic (exact) mass is 421 g/mol. The molecule has 1 aliphatic rings. The van der Waals surface area contributed by atoms with E-state index in [1.807, 2.05) is 30.0 Å². The maximum atomic E-state index is 12.5. The molecule has 1 unspecified atom stereocenters. The molecule has 2 aromatic carbocycles. The van der Waals surface area contributed by atoms with E-state index in [1.54, 1.807) is 7.11 Å². The Hall–Kier alpha value is -3.35. The fourth-order valence-electron chi connectivity index (χ4n) is 3.89. The van der Waals surface area contributed by atoms with E-state index in [2.05, 4.69) is 41.3 Å². The molecular formula is C24H27N3O4. The number of aryl methyl sites for hydroxylation is 1. The van der Waals surface area contributed by atoms with Gasteiger partial charge in [0.05, 0.1) is 19.6 Å². The summed E-state index contributed by atoms with van der Waals surface area (Å²) in [5, 5.41) is 4.12. The largest absolute Gasteiger partial charge is 0.493 e. The fourth-order valence-corrected chi connectivity index (χ4v) is 3.89. The second kappa shape index (κ2) is 9.20. The number of rotatable bonds is 8. The molecule has 7 heteroatoms. The van der Waals surface area contributed by atoms with Crippen LogP contribution in [0.15, 0.2) is 47.0 Å². The molecule has 1 aliphatic heterocycles. The smallest absolute Gasteiger partial charge is 0.232 e. The van der Waals surface area contributed by atoms with Crippen molar-refractivity contribution in [3.63, 3.8) is 0 Å². The highest BCUT2D eigenvalue weighted by Crippen LogP contribution is 2.33. The molecule has 4 rings (SSSR count). The van der Waals surface area contributed by atoms with E-state index < -0.39 is 0 Å². The summed E-state index contributed by atoms with van der Waals surface area (Å²) in [5.74, 6) is 2.29. The van der Waals surface area contributed by atoms with Gasteiger partial charge in [0.15, 0.2) is 11.5 Å². The molecule has 1 amide bonds. The third-order valence-electron chi connectivity index (χ3n) is 5.48. The van der Waals surface area contributed by atoms with Gasteiger partial charge in [-0.25, -0.2) is 0 Å². The quantitative estimate of drug-likeness (QED) is 0.547. The molecular weight excluding hydrogens is 394 g/mol. The van der Waals surface area contributed by atoms with Crippen LogP contribution in [0.1, 0.15) is 36.3 Å². The van der Waals surface area contributed by atoms with E-state index in [9.17, 15) is 4.79 Å². The summed E-state index contributed by atoms with van der Waals surface area (Å²) in [6, 6.07) is 13.9. The Labute approximate surface area is 182 Å². The average Bonchev–Trinajstić information content (AvgIpc) is 3.40. The Morgan fingerprint density at radius 2 is 2.06 bits per heavy atom. The van der Waals surface area contributed by atoms with Crippen molar-refractivity contribution in [2.45, 2.75) is 32.6 Å². The van der Waals surface area contributed by atoms with Gasteiger partial charge in [-0.15, -0.1) is 0 Å². The first-order valence-electron chi connectivity index (χ1n) is 10.6. The van der Waals surface area contributed by atoms with Crippen LogP contribution in [-0.2, 0) is 11.2 Å². The zero-order valence-corrected chi connectivity index (χ0v) is 18.1. The van der Waals surface area contributed by atoms with Crippen LogP contribution in [-0.4, -0.2) is 47.8 Å². The second-order valence-corrected chi connectivity index (χ2v) is 7.73. The lowest BCUT2D eigenvalue weighted by Crippen LogP contribution is -2.27. The van der Waals surface area contributed by atoms with Crippen LogP contribution in [0.3, 0.4) is 0 Å². The van der Waals surface area contributed by atoms with Crippen molar-refractivity contribution >= 4 is 5.91 Å². The van der Waals surface area contributed by atoms with Gasteiger partial charge in [0.1, 0.15) is 0 Å². The van der Waals surface area contributed by atoms with Gasteiger partial charge in [0.2, 0.25) is 17.6 Å². The molecule has 0 aliphatic carbocycles. The Morgan fingerprint density at radius 3 is 2.84 bits per heavy atom. The van der Waals surface area contributed by atoms with Gasteiger partial charge in [-0.05, 0) is 44.0 Å². The van der Waals surface area contributed by atoms with Crippen LogP contribution in [0.5, 0.6) is 11.5 Å². The third-order valence-corrected chi connectivity index (χ3v) is 5.48. The molecule has 1 saturated heterocycles. The molecule has 1 atom stereocenters. The maximum absolute atomic E-state index is 12.5. The Morgan fingerprint density at radius 1 is 1.19 bits per heavy atom. The van der Waals surface area contributed by atoms with E-state index in [0.717, 1.165) is 12.0 Å². The Bertz CT molecular complexity index is 1060. The number of amides is 1. The summed E-state index contributed by atoms with van der Waals surface area (Å²) >= 11 is 0. The number of nitrogens with zero attached hydrogens (tertiary/aromatic N) is 3. The Kier molecular flexibility index (Phi) is 6.21. The maximum Gasteiger partial charge on any atom is 0.232 e. The van der Waals surface area contributed by atoms with Crippen LogP contribution < -0.4 is 9.47 Å². The average molecular weight is 421 g/mol. The van der Waals surface area contributed by atoms with Crippen LogP contribution >= 0.6 is 0 Å². The van der Waals surface area contributed by atoms with Gasteiger partial charge in [-0.3, -0.25) is 4.79 Å². The van der Waals surface area contributed by atoms with Crippen LogP contribution in [0.25, 0.3) is 11.4 Å². The first-order chi connectivity index (χ1) is 15.1. The minimum atomic E-state index is -0.0872. The van der Waals surface area contributed by atoms with Gasteiger partial charge in [0, 0.05) is 25.1 Å². The molecule has 0 saturated carbocycles. The normalized spacial score (nSPS) is 16.0. The first kappa shape index (κ1) is 20.9. The minimum Gasteiger partial charge on any atom is -0.493 e. The van der Waals surface area contributed by atoms with Gasteiger partial charge >= 0.3 is 0 Å². The van der Waals surface area contributed by atoms with Gasteiger partial charge in [-0.1, -0.05) is 35.0 Å². The third kappa shape index (κ3) is 4.71. The summed E-state index contributed by atoms with van der Waals surface area (Å²) in [6.07, 6.45) is 1.23. The molecule has 1 aromatic heterocycles. The summed E-state index contributed by atoms with van der Waals surface area (Å²) in [4.78, 5) is 19.0. The SMILES string of the molecule is CCOc1ccc(-c2noc(C3CC(=O)N(CCc4cccc(C)c4)C3)n2)cc1OC. The molecule has 7 nitrogen and oxygen atoms in total. The van der Waals surface area contributed by atoms with Crippen LogP contribution in [0, 0.1) is 6.92 Å². The van der Waals surface area contributed by atoms with E-state index in [1.165, 1.54) is 11.1 Å². The molecule has 31 heavy (non-hydrogen) atoms. The molecule has 1 fully saturated rings. The van der Waals surface area contributed by atoms with E-state index >= 15 is 0 Å². The number of carbonyl (C=O) groups excluding carboxylic acids is 1. The molecule has 0 radical (unpaired) electrons. The summed E-state index contributed by atoms with van der Waals surface area (Å²) in [7, 11) is 1.60. The number of hydrogen-bond acceptors (Lipinski definition) is 6. The highest BCUT2D eigenvalue weighted by Gasteiger charge is 2.34. The number of aromatic nitrogens is 2. The topological polar surface area (TPSA) is 77.7 Å². The number of likely N-dealkylation sites (tertiary alicyclic amines) is 1. The van der Waals surface area contributed by atoms with Crippen molar-refractivity contribution in [3.05, 3.63) is 59.5 Å². The van der Waals surface area contributed by atoms with Gasteiger partial charge < -0.3 is 18.9 Å². The molecule has 0 bridgehead atoms. The lowest BCUT2D eigenvalue weighted by Gasteiger charge is -2.16. The fraction of sp³-hybridized carbons (Fsp3) is 0.375. The number of carbonyl (C=O) groups is 1. The highest BCUT2D eigenvalue weighted by molar-refractivity contribution is 5.79. The number of hydrogen-bond donors (Lipinski definition) is 0. The summed E-state index contributed by atoms with van der Waals surface area (Å²) in [5.41, 5.74) is 3.24. The first-order valence-corrected chi connectivity index (χ1v) is 10.6. The van der Waals surface area contributed by atoms with E-state index in [0.29, 0.717) is 49.3 Å². The number of methoxy groups -OCH3 is 1. The number of benzene rings is 2.